The predicted octanol–water partition coefficient (Wildman–Crippen LogP) is 3.77. The maximum atomic E-state index is 13.9. The Morgan fingerprint density at radius 2 is 1.74 bits per heavy atom. The van der Waals surface area contributed by atoms with E-state index in [1.807, 2.05) is 6.07 Å². The molecule has 3 aromatic heterocycles. The Hall–Kier alpha value is -4.74. The number of nitrogens with one attached hydrogen (secondary N) is 2. The van der Waals surface area contributed by atoms with E-state index < -0.39 is 23.2 Å². The highest BCUT2D eigenvalue weighted by Gasteiger charge is 2.37. The summed E-state index contributed by atoms with van der Waals surface area (Å²) >= 11 is 0. The number of fused-ring (bicyclic) bond motifs is 2. The molecule has 198 valence electrons. The number of halogens is 3. The molecule has 5 aromatic rings. The van der Waals surface area contributed by atoms with Crippen LogP contribution in [-0.4, -0.2) is 62.1 Å². The van der Waals surface area contributed by atoms with E-state index in [0.717, 1.165) is 17.3 Å². The number of imidazole rings is 1. The van der Waals surface area contributed by atoms with E-state index in [2.05, 4.69) is 30.0 Å². The van der Waals surface area contributed by atoms with Crippen molar-refractivity contribution >= 4 is 33.5 Å². The van der Waals surface area contributed by atoms with Gasteiger partial charge in [-0.05, 0) is 29.8 Å². The molecule has 9 nitrogen and oxygen atoms in total. The lowest BCUT2D eigenvalue weighted by atomic mass is 9.98. The summed E-state index contributed by atoms with van der Waals surface area (Å²) in [6.07, 6.45) is -1.35. The summed E-state index contributed by atoms with van der Waals surface area (Å²) in [4.78, 5) is 40.5. The summed E-state index contributed by atoms with van der Waals surface area (Å²) in [7, 11) is 0. The molecule has 1 aliphatic rings. The van der Waals surface area contributed by atoms with Gasteiger partial charge in [0.1, 0.15) is 5.52 Å². The summed E-state index contributed by atoms with van der Waals surface area (Å²) in [5.74, 6) is -0.676. The number of aromatic amines is 2. The topological polar surface area (TPSA) is 111 Å². The van der Waals surface area contributed by atoms with Gasteiger partial charge in [-0.2, -0.15) is 18.3 Å². The summed E-state index contributed by atoms with van der Waals surface area (Å²) in [5.41, 5.74) is 1.47. The van der Waals surface area contributed by atoms with Crippen LogP contribution in [0.15, 0.2) is 65.8 Å². The van der Waals surface area contributed by atoms with Crippen molar-refractivity contribution in [1.29, 1.82) is 0 Å². The zero-order valence-corrected chi connectivity index (χ0v) is 20.5. The number of pyridine rings is 1. The molecule has 6 rings (SSSR count). The van der Waals surface area contributed by atoms with Crippen molar-refractivity contribution in [1.82, 2.24) is 30.0 Å². The van der Waals surface area contributed by atoms with Crippen LogP contribution in [0.2, 0.25) is 0 Å². The van der Waals surface area contributed by atoms with Crippen LogP contribution >= 0.6 is 0 Å². The minimum atomic E-state index is -4.70. The molecule has 39 heavy (non-hydrogen) atoms. The number of amides is 1. The number of carbonyl (C=O) groups is 1. The largest absolute Gasteiger partial charge is 0.417 e. The third kappa shape index (κ3) is 4.58. The predicted molar refractivity (Wildman–Crippen MR) is 139 cm³/mol. The molecule has 0 saturated carbocycles. The molecule has 1 saturated heterocycles. The second-order valence-electron chi connectivity index (χ2n) is 9.31. The van der Waals surface area contributed by atoms with E-state index in [9.17, 15) is 22.8 Å². The monoisotopic (exact) mass is 533 g/mol. The fourth-order valence-corrected chi connectivity index (χ4v) is 5.04. The lowest BCUT2D eigenvalue weighted by Gasteiger charge is -2.36. The van der Waals surface area contributed by atoms with Crippen LogP contribution in [0.25, 0.3) is 21.9 Å². The molecule has 0 radical (unpaired) electrons. The van der Waals surface area contributed by atoms with E-state index >= 15 is 0 Å². The molecule has 1 amide bonds. The Morgan fingerprint density at radius 3 is 2.51 bits per heavy atom. The number of hydrogen-bond donors (Lipinski definition) is 2. The van der Waals surface area contributed by atoms with Gasteiger partial charge in [0, 0.05) is 44.2 Å². The van der Waals surface area contributed by atoms with Crippen molar-refractivity contribution in [3.63, 3.8) is 0 Å². The minimum Gasteiger partial charge on any atom is -0.366 e. The van der Waals surface area contributed by atoms with Gasteiger partial charge in [-0.3, -0.25) is 9.59 Å². The van der Waals surface area contributed by atoms with Crippen molar-refractivity contribution in [2.24, 2.45) is 0 Å². The first-order chi connectivity index (χ1) is 18.8. The highest BCUT2D eigenvalue weighted by atomic mass is 19.4. The first-order valence-electron chi connectivity index (χ1n) is 12.3. The number of alkyl halides is 3. The molecule has 0 aliphatic carbocycles. The number of carbonyl (C=O) groups excluding carboxylic acids is 1. The standard InChI is InChI=1S/C27H22F3N7O2/c28-27(29,30)20-6-5-16(14-21-17-3-1-2-4-18(17)25(38)35-34-21)13-19(20)26(39)37-11-9-36(10-12-37)22-7-8-31-24-23(22)32-15-33-24/h1-8,13,15H,9-12,14H2,(H,35,38)(H,31,32,33). The van der Waals surface area contributed by atoms with Crippen molar-refractivity contribution in [2.75, 3.05) is 31.1 Å². The van der Waals surface area contributed by atoms with Gasteiger partial charge in [0.25, 0.3) is 11.5 Å². The molecule has 4 heterocycles. The van der Waals surface area contributed by atoms with Crippen LogP contribution in [0.5, 0.6) is 0 Å². The molecule has 0 atom stereocenters. The first kappa shape index (κ1) is 24.6. The lowest BCUT2D eigenvalue weighted by Crippen LogP contribution is -2.49. The molecular formula is C27H22F3N7O2. The highest BCUT2D eigenvalue weighted by Crippen LogP contribution is 2.34. The highest BCUT2D eigenvalue weighted by molar-refractivity contribution is 5.96. The molecular weight excluding hydrogens is 511 g/mol. The van der Waals surface area contributed by atoms with Crippen LogP contribution in [0, 0.1) is 0 Å². The van der Waals surface area contributed by atoms with E-state index in [-0.39, 0.29) is 25.1 Å². The summed E-state index contributed by atoms with van der Waals surface area (Å²) in [6.45, 7) is 1.39. The number of benzene rings is 2. The van der Waals surface area contributed by atoms with Crippen molar-refractivity contribution < 1.29 is 18.0 Å². The van der Waals surface area contributed by atoms with Crippen LogP contribution < -0.4 is 10.5 Å². The first-order valence-corrected chi connectivity index (χ1v) is 12.3. The molecule has 2 aromatic carbocycles. The lowest BCUT2D eigenvalue weighted by molar-refractivity contribution is -0.138. The van der Waals surface area contributed by atoms with E-state index in [1.165, 1.54) is 17.0 Å². The minimum absolute atomic E-state index is 0.145. The third-order valence-electron chi connectivity index (χ3n) is 6.98. The maximum absolute atomic E-state index is 13.9. The average Bonchev–Trinajstić information content (AvgIpc) is 3.43. The van der Waals surface area contributed by atoms with Crippen LogP contribution in [-0.2, 0) is 12.6 Å². The van der Waals surface area contributed by atoms with Gasteiger partial charge >= 0.3 is 6.18 Å². The Morgan fingerprint density at radius 1 is 0.974 bits per heavy atom. The number of anilines is 1. The molecule has 1 fully saturated rings. The van der Waals surface area contributed by atoms with E-state index in [4.69, 9.17) is 0 Å². The quantitative estimate of drug-likeness (QED) is 0.364. The Kier molecular flexibility index (Phi) is 6.01. The van der Waals surface area contributed by atoms with Crippen molar-refractivity contribution in [3.05, 3.63) is 93.8 Å². The van der Waals surface area contributed by atoms with Gasteiger partial charge in [-0.1, -0.05) is 24.3 Å². The van der Waals surface area contributed by atoms with Gasteiger partial charge < -0.3 is 14.8 Å². The number of piperazine rings is 1. The molecule has 2 N–H and O–H groups in total. The van der Waals surface area contributed by atoms with E-state index in [1.54, 1.807) is 36.8 Å². The molecule has 1 aliphatic heterocycles. The zero-order chi connectivity index (χ0) is 27.1. The molecule has 0 bridgehead atoms. The average molecular weight is 534 g/mol. The number of rotatable bonds is 4. The Balaban J connectivity index is 1.27. The smallest absolute Gasteiger partial charge is 0.366 e. The number of aromatic nitrogens is 5. The van der Waals surface area contributed by atoms with Gasteiger partial charge in [-0.15, -0.1) is 0 Å². The van der Waals surface area contributed by atoms with Gasteiger partial charge in [0.05, 0.1) is 34.2 Å². The summed E-state index contributed by atoms with van der Waals surface area (Å²) in [6, 6.07) is 12.3. The van der Waals surface area contributed by atoms with Crippen molar-refractivity contribution in [3.8, 4) is 0 Å². The number of nitrogens with zero attached hydrogens (tertiary/aromatic N) is 5. The molecule has 12 heteroatoms. The SMILES string of the molecule is O=C(c1cc(Cc2n[nH]c(=O)c3ccccc23)ccc1C(F)(F)F)N1CCN(c2ccnc3nc[nH]c23)CC1. The fourth-order valence-electron chi connectivity index (χ4n) is 5.04. The van der Waals surface area contributed by atoms with E-state index in [0.29, 0.717) is 40.8 Å². The van der Waals surface area contributed by atoms with Crippen molar-refractivity contribution in [2.45, 2.75) is 12.6 Å². The van der Waals surface area contributed by atoms with Gasteiger partial charge in [0.2, 0.25) is 0 Å². The number of H-pyrrole nitrogens is 2. The van der Waals surface area contributed by atoms with Gasteiger partial charge in [-0.25, -0.2) is 15.1 Å². The third-order valence-corrected chi connectivity index (χ3v) is 6.98. The summed E-state index contributed by atoms with van der Waals surface area (Å²) < 4.78 is 41.8. The number of hydrogen-bond acceptors (Lipinski definition) is 6. The zero-order valence-electron chi connectivity index (χ0n) is 20.5. The Labute approximate surface area is 219 Å². The molecule has 0 spiro atoms. The summed E-state index contributed by atoms with van der Waals surface area (Å²) in [5, 5.41) is 7.60. The fraction of sp³-hybridized carbons (Fsp3) is 0.222. The van der Waals surface area contributed by atoms with Gasteiger partial charge in [0.15, 0.2) is 5.65 Å². The maximum Gasteiger partial charge on any atom is 0.417 e. The second-order valence-corrected chi connectivity index (χ2v) is 9.31. The Bertz CT molecular complexity index is 1750. The normalized spacial score (nSPS) is 14.3. The second kappa shape index (κ2) is 9.53. The molecule has 0 unspecified atom stereocenters. The van der Waals surface area contributed by atoms with Crippen LogP contribution in [0.1, 0.15) is 27.2 Å². The van der Waals surface area contributed by atoms with Crippen LogP contribution in [0.4, 0.5) is 18.9 Å². The van der Waals surface area contributed by atoms with Crippen LogP contribution in [0.3, 0.4) is 0 Å².